The van der Waals surface area contributed by atoms with Crippen LogP contribution in [0.4, 0.5) is 0 Å². The molecule has 6 rings (SSSR count). The molecular formula is C39H32O14. The van der Waals surface area contributed by atoms with Crippen LogP contribution in [0, 0.1) is 0 Å². The third-order valence-electron chi connectivity index (χ3n) is 8.08. The third kappa shape index (κ3) is 8.83. The molecule has 0 unspecified atom stereocenters. The maximum Gasteiger partial charge on any atom is 0.331 e. The van der Waals surface area contributed by atoms with Gasteiger partial charge >= 0.3 is 11.9 Å². The van der Waals surface area contributed by atoms with Gasteiger partial charge in [-0.25, -0.2) is 9.59 Å². The van der Waals surface area contributed by atoms with E-state index in [4.69, 9.17) is 23.4 Å². The quantitative estimate of drug-likeness (QED) is 0.0886. The number of hydrogen-bond donors (Lipinski definition) is 6. The highest BCUT2D eigenvalue weighted by Crippen LogP contribution is 2.34. The summed E-state index contributed by atoms with van der Waals surface area (Å²) in [6.07, 6.45) is -3.41. The van der Waals surface area contributed by atoms with E-state index >= 15 is 0 Å². The molecule has 5 atom stereocenters. The minimum absolute atomic E-state index is 0.00489. The Morgan fingerprint density at radius 2 is 1.28 bits per heavy atom. The maximum absolute atomic E-state index is 13.0. The molecule has 272 valence electrons. The average molecular weight is 725 g/mol. The van der Waals surface area contributed by atoms with Gasteiger partial charge < -0.3 is 54.0 Å². The van der Waals surface area contributed by atoms with Gasteiger partial charge in [0.15, 0.2) is 11.5 Å². The Kier molecular flexibility index (Phi) is 10.7. The molecule has 1 fully saturated rings. The molecule has 53 heavy (non-hydrogen) atoms. The number of hydrogen-bond acceptors (Lipinski definition) is 14. The minimum atomic E-state index is -1.84. The van der Waals surface area contributed by atoms with Crippen molar-refractivity contribution in [2.45, 2.75) is 30.7 Å². The number of esters is 2. The van der Waals surface area contributed by atoms with E-state index in [0.29, 0.717) is 16.7 Å². The van der Waals surface area contributed by atoms with E-state index in [-0.39, 0.29) is 39.7 Å². The minimum Gasteiger partial charge on any atom is -0.508 e. The van der Waals surface area contributed by atoms with Crippen molar-refractivity contribution < 1.29 is 63.6 Å². The third-order valence-corrected chi connectivity index (χ3v) is 8.08. The second kappa shape index (κ2) is 15.7. The van der Waals surface area contributed by atoms with Crippen LogP contribution < -0.4 is 10.2 Å². The molecule has 4 aromatic carbocycles. The van der Waals surface area contributed by atoms with E-state index in [1.165, 1.54) is 84.9 Å². The van der Waals surface area contributed by atoms with Crippen molar-refractivity contribution in [3.63, 3.8) is 0 Å². The van der Waals surface area contributed by atoms with Gasteiger partial charge in [0.05, 0.1) is 0 Å². The number of fused-ring (bicyclic) bond motifs is 1. The molecule has 0 spiro atoms. The number of aliphatic hydroxyl groups is 2. The molecule has 0 saturated carbocycles. The summed E-state index contributed by atoms with van der Waals surface area (Å²) in [7, 11) is 0. The Balaban J connectivity index is 1.25. The number of benzene rings is 4. The highest BCUT2D eigenvalue weighted by molar-refractivity contribution is 5.88. The van der Waals surface area contributed by atoms with Crippen LogP contribution in [0.25, 0.3) is 34.4 Å². The first-order chi connectivity index (χ1) is 25.4. The fourth-order valence-electron chi connectivity index (χ4n) is 5.36. The van der Waals surface area contributed by atoms with Crippen molar-refractivity contribution >= 4 is 35.1 Å². The predicted molar refractivity (Wildman–Crippen MR) is 188 cm³/mol. The molecule has 2 heterocycles. The molecule has 1 saturated heterocycles. The zero-order chi connectivity index (χ0) is 37.6. The molecule has 0 bridgehead atoms. The molecular weight excluding hydrogens is 692 g/mol. The summed E-state index contributed by atoms with van der Waals surface area (Å²) in [5, 5.41) is 61.4. The van der Waals surface area contributed by atoms with Gasteiger partial charge in [-0.2, -0.15) is 0 Å². The normalized spacial score (nSPS) is 20.1. The van der Waals surface area contributed by atoms with Crippen molar-refractivity contribution in [1.82, 2.24) is 0 Å². The van der Waals surface area contributed by atoms with Gasteiger partial charge in [0, 0.05) is 35.9 Å². The first kappa shape index (κ1) is 36.2. The molecule has 1 aliphatic heterocycles. The second-order valence-corrected chi connectivity index (χ2v) is 11.9. The summed E-state index contributed by atoms with van der Waals surface area (Å²) in [5.41, 5.74) is 0.881. The molecule has 6 N–H and O–H groups in total. The molecule has 0 amide bonds. The number of phenols is 4. The van der Waals surface area contributed by atoms with Crippen molar-refractivity contribution in [3.8, 4) is 40.1 Å². The average Bonchev–Trinajstić information content (AvgIpc) is 3.13. The molecule has 1 aromatic heterocycles. The lowest BCUT2D eigenvalue weighted by atomic mass is 9.99. The monoisotopic (exact) mass is 724 g/mol. The largest absolute Gasteiger partial charge is 0.508 e. The van der Waals surface area contributed by atoms with Gasteiger partial charge in [0.25, 0.3) is 0 Å². The van der Waals surface area contributed by atoms with Crippen molar-refractivity contribution in [1.29, 1.82) is 0 Å². The molecule has 0 aliphatic carbocycles. The maximum atomic E-state index is 13.0. The summed E-state index contributed by atoms with van der Waals surface area (Å²) in [4.78, 5) is 38.4. The van der Waals surface area contributed by atoms with Gasteiger partial charge in [0.2, 0.25) is 6.29 Å². The number of rotatable bonds is 10. The Morgan fingerprint density at radius 1 is 0.717 bits per heavy atom. The predicted octanol–water partition coefficient (Wildman–Crippen LogP) is 3.99. The van der Waals surface area contributed by atoms with E-state index in [0.717, 1.165) is 18.2 Å². The number of ether oxygens (including phenoxy) is 4. The first-order valence-corrected chi connectivity index (χ1v) is 16.0. The fraction of sp³-hybridized carbons (Fsp3) is 0.154. The van der Waals surface area contributed by atoms with Crippen LogP contribution in [0.15, 0.2) is 112 Å². The van der Waals surface area contributed by atoms with Crippen LogP contribution in [0.1, 0.15) is 11.1 Å². The van der Waals surface area contributed by atoms with Crippen LogP contribution in [0.5, 0.6) is 28.7 Å². The van der Waals surface area contributed by atoms with Crippen LogP contribution in [0.3, 0.4) is 0 Å². The number of carbonyl (C=O) groups is 2. The fourth-order valence-corrected chi connectivity index (χ4v) is 5.36. The highest BCUT2D eigenvalue weighted by Gasteiger charge is 2.48. The number of aromatic hydroxyl groups is 4. The van der Waals surface area contributed by atoms with E-state index in [2.05, 4.69) is 0 Å². The van der Waals surface area contributed by atoms with Crippen LogP contribution >= 0.6 is 0 Å². The summed E-state index contributed by atoms with van der Waals surface area (Å²) in [5.74, 6) is -2.32. The van der Waals surface area contributed by atoms with Gasteiger partial charge in [0.1, 0.15) is 70.4 Å². The van der Waals surface area contributed by atoms with Gasteiger partial charge in [-0.3, -0.25) is 4.79 Å². The Labute approximate surface area is 300 Å². The SMILES string of the molecule is O=C(C=Cc1ccc(O)cc1)OC[C@H]1O[C@@H](Oc2cc(O)c3c(=O)cc(-c4ccc(O)cc4)oc3c2)[C@H](OC(=O)C=Cc2ccc(O)cc2)[C@@H](O)[C@@H]1O. The number of aliphatic hydroxyl groups excluding tert-OH is 2. The molecule has 5 aromatic rings. The van der Waals surface area contributed by atoms with Gasteiger partial charge in [-0.1, -0.05) is 24.3 Å². The van der Waals surface area contributed by atoms with Crippen LogP contribution in [-0.2, 0) is 23.8 Å². The zero-order valence-electron chi connectivity index (χ0n) is 27.5. The lowest BCUT2D eigenvalue weighted by molar-refractivity contribution is -0.281. The standard InChI is InChI=1S/C39H32O14/c40-24-9-1-21(2-10-24)5-15-33(45)49-20-32-36(47)37(48)38(53-34(46)16-6-22-3-11-25(41)12-4-22)39(52-32)50-27-17-28(43)35-29(44)19-30(51-31(35)18-27)23-7-13-26(42)14-8-23/h1-19,32,36-43,47-48H,20H2/t32-,36-,37+,38-,39-/m1/s1. The second-order valence-electron chi connectivity index (χ2n) is 11.9. The molecule has 0 radical (unpaired) electrons. The van der Waals surface area contributed by atoms with Gasteiger partial charge in [-0.05, 0) is 71.8 Å². The smallest absolute Gasteiger partial charge is 0.331 e. The summed E-state index contributed by atoms with van der Waals surface area (Å²) < 4.78 is 28.4. The van der Waals surface area contributed by atoms with Gasteiger partial charge in [-0.15, -0.1) is 0 Å². The topological polar surface area (TPSA) is 223 Å². The number of phenolic OH excluding ortho intramolecular Hbond substituents is 4. The first-order valence-electron chi connectivity index (χ1n) is 16.0. The van der Waals surface area contributed by atoms with Crippen LogP contribution in [-0.4, -0.2) is 79.9 Å². The zero-order valence-corrected chi connectivity index (χ0v) is 27.5. The Hall–Kier alpha value is -6.61. The van der Waals surface area contributed by atoms with E-state index in [9.17, 15) is 45.0 Å². The Morgan fingerprint density at radius 3 is 1.89 bits per heavy atom. The number of carbonyl (C=O) groups excluding carboxylic acids is 2. The lowest BCUT2D eigenvalue weighted by Crippen LogP contribution is -2.61. The van der Waals surface area contributed by atoms with E-state index in [1.54, 1.807) is 12.1 Å². The van der Waals surface area contributed by atoms with Crippen molar-refractivity contribution in [2.24, 2.45) is 0 Å². The van der Waals surface area contributed by atoms with E-state index < -0.39 is 60.4 Å². The Bertz CT molecular complexity index is 2200. The summed E-state index contributed by atoms with van der Waals surface area (Å²) in [6, 6.07) is 21.2. The molecule has 14 heteroatoms. The van der Waals surface area contributed by atoms with E-state index in [1.807, 2.05) is 0 Å². The molecule has 1 aliphatic rings. The summed E-state index contributed by atoms with van der Waals surface area (Å²) >= 11 is 0. The lowest BCUT2D eigenvalue weighted by Gasteiger charge is -2.41. The van der Waals surface area contributed by atoms with Crippen molar-refractivity contribution in [3.05, 3.63) is 124 Å². The molecule has 14 nitrogen and oxygen atoms in total. The highest BCUT2D eigenvalue weighted by atomic mass is 16.7. The van der Waals surface area contributed by atoms with Crippen LogP contribution in [0.2, 0.25) is 0 Å². The van der Waals surface area contributed by atoms with Crippen molar-refractivity contribution in [2.75, 3.05) is 6.61 Å². The summed E-state index contributed by atoms with van der Waals surface area (Å²) in [6.45, 7) is -0.577.